The molecule has 19 heavy (non-hydrogen) atoms. The molecule has 3 rings (SSSR count). The zero-order valence-corrected chi connectivity index (χ0v) is 11.1. The molecule has 0 atom stereocenters. The van der Waals surface area contributed by atoms with E-state index >= 15 is 0 Å². The molecule has 0 aliphatic heterocycles. The van der Waals surface area contributed by atoms with Gasteiger partial charge >= 0.3 is 18.9 Å². The van der Waals surface area contributed by atoms with E-state index in [4.69, 9.17) is 0 Å². The van der Waals surface area contributed by atoms with Crippen LogP contribution < -0.4 is 10.6 Å². The van der Waals surface area contributed by atoms with Crippen molar-refractivity contribution in [3.63, 3.8) is 0 Å². The van der Waals surface area contributed by atoms with Crippen molar-refractivity contribution in [2.75, 3.05) is 0 Å². The van der Waals surface area contributed by atoms with Crippen LogP contribution in [-0.2, 0) is 0 Å². The zero-order valence-electron chi connectivity index (χ0n) is 10.2. The van der Waals surface area contributed by atoms with Crippen LogP contribution in [0.5, 0.6) is 0 Å². The topological polar surface area (TPSA) is 0 Å². The molecule has 0 nitrogen and oxygen atoms in total. The van der Waals surface area contributed by atoms with Crippen LogP contribution in [0, 0.1) is 0 Å². The van der Waals surface area contributed by atoms with Gasteiger partial charge in [0.05, 0.1) is 0 Å². The first-order chi connectivity index (χ1) is 8.95. The molecule has 0 unspecified atom stereocenters. The van der Waals surface area contributed by atoms with Gasteiger partial charge in [0.2, 0.25) is 0 Å². The molecule has 0 aromatic heterocycles. The third-order valence-corrected chi connectivity index (χ3v) is 5.60. The maximum absolute atomic E-state index is 2.28. The zero-order chi connectivity index (χ0) is 12.2. The van der Waals surface area contributed by atoms with Crippen molar-refractivity contribution in [2.45, 2.75) is 6.42 Å². The van der Waals surface area contributed by atoms with Crippen molar-refractivity contribution >= 4 is 37.4 Å². The Kier molecular flexibility index (Phi) is 5.23. The van der Waals surface area contributed by atoms with E-state index in [0.29, 0.717) is 0 Å². The maximum atomic E-state index is 2.28. The van der Waals surface area contributed by atoms with Crippen molar-refractivity contribution in [1.29, 1.82) is 0 Å². The van der Waals surface area contributed by atoms with E-state index in [0.717, 1.165) is 6.42 Å². The van der Waals surface area contributed by atoms with Crippen molar-refractivity contribution in [3.05, 3.63) is 84.2 Å². The van der Waals surface area contributed by atoms with Crippen LogP contribution in [0.15, 0.2) is 84.2 Å². The summed E-state index contributed by atoms with van der Waals surface area (Å²) in [6.45, 7) is 0. The fourth-order valence-corrected chi connectivity index (χ4v) is 4.66. The Balaban J connectivity index is 0.00000133. The molecule has 0 spiro atoms. The van der Waals surface area contributed by atoms with Crippen LogP contribution >= 0.6 is 7.92 Å². The van der Waals surface area contributed by atoms with Gasteiger partial charge in [-0.2, -0.15) is 0 Å². The first-order valence-corrected chi connectivity index (χ1v) is 7.55. The fraction of sp³-hybridized carbons (Fsp3) is 0.0588. The minimum absolute atomic E-state index is 0. The molecular weight excluding hydrogens is 242 g/mol. The molecule has 2 aromatic rings. The SMILES string of the molecule is C1=CCC(P(c2ccccc2)c2ccccc2)=C1.[LiH]. The second-order valence-corrected chi connectivity index (χ2v) is 6.57. The minimum atomic E-state index is -0.353. The summed E-state index contributed by atoms with van der Waals surface area (Å²) in [5.41, 5.74) is 0. The van der Waals surface area contributed by atoms with Gasteiger partial charge in [-0.05, 0) is 30.3 Å². The molecule has 0 amide bonds. The normalized spacial score (nSPS) is 13.2. The average molecular weight is 258 g/mol. The van der Waals surface area contributed by atoms with E-state index in [-0.39, 0.29) is 26.8 Å². The van der Waals surface area contributed by atoms with E-state index in [2.05, 4.69) is 78.9 Å². The van der Waals surface area contributed by atoms with Crippen molar-refractivity contribution in [2.24, 2.45) is 0 Å². The molecule has 1 aliphatic carbocycles. The molecule has 0 N–H and O–H groups in total. The summed E-state index contributed by atoms with van der Waals surface area (Å²) in [7, 11) is -0.353. The average Bonchev–Trinajstić information content (AvgIpc) is 2.95. The van der Waals surface area contributed by atoms with Gasteiger partial charge < -0.3 is 0 Å². The summed E-state index contributed by atoms with van der Waals surface area (Å²) < 4.78 is 0. The Labute approximate surface area is 128 Å². The summed E-state index contributed by atoms with van der Waals surface area (Å²) >= 11 is 0. The standard InChI is InChI=1S/C17H15P.Li.H/c1-3-9-15(10-4-1)18(17-13-7-8-14-17)16-11-5-2-6-12-16;;/h1-13H,14H2;;. The van der Waals surface area contributed by atoms with E-state index < -0.39 is 0 Å². The summed E-state index contributed by atoms with van der Waals surface area (Å²) in [5.74, 6) is 0. The molecule has 0 fully saturated rings. The number of hydrogen-bond donors (Lipinski definition) is 0. The van der Waals surface area contributed by atoms with Gasteiger partial charge in [-0.3, -0.25) is 0 Å². The molecule has 2 aromatic carbocycles. The predicted octanol–water partition coefficient (Wildman–Crippen LogP) is 3.31. The number of allylic oxidation sites excluding steroid dienone is 4. The van der Waals surface area contributed by atoms with Gasteiger partial charge in [-0.1, -0.05) is 78.9 Å². The van der Waals surface area contributed by atoms with Gasteiger partial charge in [0, 0.05) is 0 Å². The summed E-state index contributed by atoms with van der Waals surface area (Å²) in [4.78, 5) is 0. The second-order valence-electron chi connectivity index (χ2n) is 4.30. The molecule has 2 heteroatoms. The summed E-state index contributed by atoms with van der Waals surface area (Å²) in [5, 5.41) is 4.42. The first-order valence-electron chi connectivity index (χ1n) is 6.21. The molecule has 0 heterocycles. The Bertz CT molecular complexity index is 533. The summed E-state index contributed by atoms with van der Waals surface area (Å²) in [6.07, 6.45) is 7.80. The van der Waals surface area contributed by atoms with Gasteiger partial charge in [0.1, 0.15) is 0 Å². The third kappa shape index (κ3) is 3.29. The van der Waals surface area contributed by atoms with Crippen LogP contribution in [0.1, 0.15) is 6.42 Å². The molecule has 90 valence electrons. The van der Waals surface area contributed by atoms with Crippen molar-refractivity contribution in [3.8, 4) is 0 Å². The molecule has 1 aliphatic rings. The molecule has 0 bridgehead atoms. The second kappa shape index (κ2) is 6.93. The molecular formula is C17H16LiP. The number of benzene rings is 2. The first kappa shape index (κ1) is 14.4. The third-order valence-electron chi connectivity index (χ3n) is 3.07. The van der Waals surface area contributed by atoms with Crippen LogP contribution in [0.4, 0.5) is 0 Å². The van der Waals surface area contributed by atoms with Gasteiger partial charge in [-0.15, -0.1) is 0 Å². The Morgan fingerprint density at radius 3 is 1.68 bits per heavy atom. The van der Waals surface area contributed by atoms with Gasteiger partial charge in [-0.25, -0.2) is 0 Å². The van der Waals surface area contributed by atoms with Crippen molar-refractivity contribution in [1.82, 2.24) is 0 Å². The van der Waals surface area contributed by atoms with Gasteiger partial charge in [0.25, 0.3) is 0 Å². The van der Waals surface area contributed by atoms with Gasteiger partial charge in [0.15, 0.2) is 0 Å². The monoisotopic (exact) mass is 258 g/mol. The van der Waals surface area contributed by atoms with Crippen molar-refractivity contribution < 1.29 is 0 Å². The molecule has 0 saturated carbocycles. The van der Waals surface area contributed by atoms with E-state index in [1.165, 1.54) is 10.6 Å². The van der Waals surface area contributed by atoms with Crippen LogP contribution in [-0.4, -0.2) is 18.9 Å². The molecule has 0 saturated heterocycles. The Hall–Kier alpha value is -1.05. The summed E-state index contributed by atoms with van der Waals surface area (Å²) in [6, 6.07) is 21.7. The number of rotatable bonds is 3. The van der Waals surface area contributed by atoms with E-state index in [9.17, 15) is 0 Å². The quantitative estimate of drug-likeness (QED) is 0.585. The Morgan fingerprint density at radius 2 is 1.26 bits per heavy atom. The van der Waals surface area contributed by atoms with E-state index in [1.54, 1.807) is 5.31 Å². The predicted molar refractivity (Wildman–Crippen MR) is 88.1 cm³/mol. The van der Waals surface area contributed by atoms with Crippen LogP contribution in [0.3, 0.4) is 0 Å². The molecule has 0 radical (unpaired) electrons. The number of hydrogen-bond acceptors (Lipinski definition) is 0. The fourth-order valence-electron chi connectivity index (χ4n) is 2.24. The van der Waals surface area contributed by atoms with E-state index in [1.807, 2.05) is 0 Å². The van der Waals surface area contributed by atoms with Crippen LogP contribution in [0.25, 0.3) is 0 Å². The van der Waals surface area contributed by atoms with Crippen LogP contribution in [0.2, 0.25) is 0 Å². The Morgan fingerprint density at radius 1 is 0.737 bits per heavy atom.